The zero-order valence-electron chi connectivity index (χ0n) is 21.6. The Bertz CT molecular complexity index is 1520. The molecule has 41 heavy (non-hydrogen) atoms. The zero-order valence-corrected chi connectivity index (χ0v) is 24.0. The van der Waals surface area contributed by atoms with E-state index in [-0.39, 0.29) is 46.3 Å². The predicted octanol–water partition coefficient (Wildman–Crippen LogP) is 1.89. The first kappa shape index (κ1) is 27.0. The summed E-state index contributed by atoms with van der Waals surface area (Å²) in [6.45, 7) is 1.14. The van der Waals surface area contributed by atoms with Crippen molar-refractivity contribution in [1.82, 2.24) is 14.8 Å². The van der Waals surface area contributed by atoms with Crippen LogP contribution in [0.25, 0.3) is 0 Å². The molecule has 0 spiro atoms. The Kier molecular flexibility index (Phi) is 6.68. The van der Waals surface area contributed by atoms with Crippen LogP contribution in [-0.2, 0) is 23.9 Å². The van der Waals surface area contributed by atoms with Gasteiger partial charge in [-0.2, -0.15) is 0 Å². The van der Waals surface area contributed by atoms with Crippen molar-refractivity contribution in [2.24, 2.45) is 29.6 Å². The first-order valence-electron chi connectivity index (χ1n) is 13.5. The number of halogens is 1. The van der Waals surface area contributed by atoms with Gasteiger partial charge in [-0.05, 0) is 42.4 Å². The van der Waals surface area contributed by atoms with Gasteiger partial charge in [0.25, 0.3) is 5.91 Å². The van der Waals surface area contributed by atoms with Crippen LogP contribution in [0.15, 0.2) is 28.0 Å². The molecule has 3 aliphatic heterocycles. The number of ether oxygens (including phenoxy) is 2. The number of aliphatic carboxylic acids is 1. The van der Waals surface area contributed by atoms with Crippen LogP contribution in [0.2, 0.25) is 5.02 Å². The van der Waals surface area contributed by atoms with Crippen molar-refractivity contribution in [3.8, 4) is 5.75 Å². The lowest BCUT2D eigenvalue weighted by atomic mass is 9.68. The van der Waals surface area contributed by atoms with Gasteiger partial charge in [0.15, 0.2) is 6.61 Å². The summed E-state index contributed by atoms with van der Waals surface area (Å²) in [5, 5.41) is 10.4. The number of morpholine rings is 1. The zero-order chi connectivity index (χ0) is 28.6. The summed E-state index contributed by atoms with van der Waals surface area (Å²) in [6, 6.07) is 5.21. The SMILES string of the molecule is O=C(O)CN1C(=O)C2C3CC(C2C1=O)C1C3Sc2[nH]c(=O)sc2[C@@H]1c1cc(Cl)ccc1OCC(=O)N1CCOCC1. The number of amides is 3. The molecule has 7 atom stereocenters. The summed E-state index contributed by atoms with van der Waals surface area (Å²) >= 11 is 9.14. The van der Waals surface area contributed by atoms with Crippen molar-refractivity contribution in [3.63, 3.8) is 0 Å². The molecule has 3 amide bonds. The van der Waals surface area contributed by atoms with E-state index in [1.807, 2.05) is 0 Å². The number of imide groups is 1. The maximum Gasteiger partial charge on any atom is 0.323 e. The van der Waals surface area contributed by atoms with Crippen molar-refractivity contribution < 1.29 is 33.8 Å². The van der Waals surface area contributed by atoms with Gasteiger partial charge >= 0.3 is 10.8 Å². The van der Waals surface area contributed by atoms with Crippen LogP contribution in [0.3, 0.4) is 0 Å². The van der Waals surface area contributed by atoms with Gasteiger partial charge in [-0.15, -0.1) is 11.8 Å². The molecule has 7 rings (SSSR count). The van der Waals surface area contributed by atoms with E-state index < -0.39 is 36.2 Å². The predicted molar refractivity (Wildman–Crippen MR) is 147 cm³/mol. The van der Waals surface area contributed by atoms with E-state index in [0.29, 0.717) is 43.5 Å². The van der Waals surface area contributed by atoms with Gasteiger partial charge < -0.3 is 24.5 Å². The molecule has 0 radical (unpaired) electrons. The molecule has 6 unspecified atom stereocenters. The van der Waals surface area contributed by atoms with Gasteiger partial charge in [-0.1, -0.05) is 22.9 Å². The minimum absolute atomic E-state index is 0.0765. The third kappa shape index (κ3) is 4.31. The fourth-order valence-electron chi connectivity index (χ4n) is 7.66. The van der Waals surface area contributed by atoms with Gasteiger partial charge in [0.1, 0.15) is 12.3 Å². The number of fused-ring (bicyclic) bond motifs is 9. The van der Waals surface area contributed by atoms with Crippen molar-refractivity contribution in [2.75, 3.05) is 39.5 Å². The lowest BCUT2D eigenvalue weighted by Gasteiger charge is -2.43. The Morgan fingerprint density at radius 1 is 1.12 bits per heavy atom. The summed E-state index contributed by atoms with van der Waals surface area (Å²) in [5.74, 6) is -3.72. The number of rotatable bonds is 6. The topological polar surface area (TPSA) is 146 Å². The first-order valence-corrected chi connectivity index (χ1v) is 15.5. The van der Waals surface area contributed by atoms with Crippen LogP contribution < -0.4 is 9.61 Å². The number of aromatic amines is 1. The van der Waals surface area contributed by atoms with Crippen molar-refractivity contribution in [2.45, 2.75) is 22.6 Å². The molecular weight excluding hydrogens is 594 g/mol. The molecule has 11 nitrogen and oxygen atoms in total. The normalized spacial score (nSPS) is 31.7. The number of nitrogens with one attached hydrogen (secondary N) is 1. The number of hydrogen-bond donors (Lipinski definition) is 2. The van der Waals surface area contributed by atoms with Crippen LogP contribution in [0.1, 0.15) is 22.8 Å². The van der Waals surface area contributed by atoms with Crippen LogP contribution in [0, 0.1) is 29.6 Å². The molecule has 2 aliphatic carbocycles. The maximum absolute atomic E-state index is 13.4. The fourth-order valence-corrected chi connectivity index (χ4v) is 10.7. The molecule has 216 valence electrons. The number of carbonyl (C=O) groups is 4. The monoisotopic (exact) mass is 619 g/mol. The van der Waals surface area contributed by atoms with Crippen LogP contribution in [0.4, 0.5) is 0 Å². The van der Waals surface area contributed by atoms with Gasteiger partial charge in [0.2, 0.25) is 11.8 Å². The Morgan fingerprint density at radius 2 is 1.85 bits per heavy atom. The number of carboxylic acids is 1. The van der Waals surface area contributed by atoms with Crippen LogP contribution in [-0.4, -0.2) is 88.3 Å². The highest BCUT2D eigenvalue weighted by molar-refractivity contribution is 8.00. The van der Waals surface area contributed by atoms with Crippen LogP contribution >= 0.6 is 34.7 Å². The number of carbonyl (C=O) groups excluding carboxylic acids is 3. The number of thiazole rings is 1. The van der Waals surface area contributed by atoms with E-state index in [1.165, 1.54) is 11.8 Å². The molecule has 4 heterocycles. The number of H-pyrrole nitrogens is 1. The van der Waals surface area contributed by atoms with Crippen molar-refractivity contribution >= 4 is 58.4 Å². The number of hydrogen-bond acceptors (Lipinski definition) is 9. The van der Waals surface area contributed by atoms with E-state index in [4.69, 9.17) is 21.1 Å². The second-order valence-electron chi connectivity index (χ2n) is 11.1. The number of likely N-dealkylation sites (tertiary alicyclic amines) is 1. The highest BCUT2D eigenvalue weighted by Gasteiger charge is 2.69. The Labute approximate surface area is 247 Å². The smallest absolute Gasteiger partial charge is 0.323 e. The largest absolute Gasteiger partial charge is 0.483 e. The highest BCUT2D eigenvalue weighted by Crippen LogP contribution is 2.69. The Balaban J connectivity index is 1.26. The molecule has 2 N–H and O–H groups in total. The molecule has 4 fully saturated rings. The minimum atomic E-state index is -1.23. The summed E-state index contributed by atoms with van der Waals surface area (Å²) in [5.41, 5.74) is 0.724. The summed E-state index contributed by atoms with van der Waals surface area (Å²) in [6.07, 6.45) is 0.665. The number of carboxylic acid groups (broad SMARTS) is 1. The van der Waals surface area contributed by atoms with Crippen molar-refractivity contribution in [1.29, 1.82) is 0 Å². The second-order valence-corrected chi connectivity index (χ2v) is 13.7. The van der Waals surface area contributed by atoms with E-state index in [1.54, 1.807) is 23.1 Å². The molecule has 5 aliphatic rings. The van der Waals surface area contributed by atoms with Gasteiger partial charge in [0, 0.05) is 39.7 Å². The lowest BCUT2D eigenvalue weighted by molar-refractivity contribution is -0.149. The molecule has 2 aromatic rings. The van der Waals surface area contributed by atoms with Gasteiger partial charge in [0.05, 0.1) is 30.1 Å². The molecule has 2 bridgehead atoms. The Morgan fingerprint density at radius 3 is 2.59 bits per heavy atom. The van der Waals surface area contributed by atoms with E-state index in [0.717, 1.165) is 31.7 Å². The molecule has 1 aromatic carbocycles. The standard InChI is InChI=1S/C27H26ClN3O8S2/c28-11-1-2-15(39-10-16(32)30-3-5-38-6-4-30)12(7-11)18-19-13-8-14(22(19)40-24-23(18)41-27(37)29-24)21-20(13)25(35)31(26(21)36)9-17(33)34/h1-2,7,13-14,18-22H,3-6,8-10H2,(H,29,37)(H,33,34)/t13?,14?,18-,19?,20?,21?,22?/m1/s1. The molecular formula is C27H26ClN3O8S2. The second kappa shape index (κ2) is 10.1. The summed E-state index contributed by atoms with van der Waals surface area (Å²) in [4.78, 5) is 69.7. The number of aromatic nitrogens is 1. The summed E-state index contributed by atoms with van der Waals surface area (Å²) in [7, 11) is 0. The fraction of sp³-hybridized carbons (Fsp3) is 0.519. The van der Waals surface area contributed by atoms with Crippen LogP contribution in [0.5, 0.6) is 5.75 Å². The Hall–Kier alpha value is -2.87. The molecule has 2 saturated heterocycles. The van der Waals surface area contributed by atoms with Crippen molar-refractivity contribution in [3.05, 3.63) is 43.3 Å². The quantitative estimate of drug-likeness (QED) is 0.463. The molecule has 2 saturated carbocycles. The maximum atomic E-state index is 13.4. The molecule has 14 heteroatoms. The van der Waals surface area contributed by atoms with Gasteiger partial charge in [-0.25, -0.2) is 0 Å². The van der Waals surface area contributed by atoms with Gasteiger partial charge in [-0.3, -0.25) is 28.9 Å². The third-order valence-electron chi connectivity index (χ3n) is 9.13. The number of nitrogens with zero attached hydrogens (tertiary/aromatic N) is 2. The first-order chi connectivity index (χ1) is 19.7. The average molecular weight is 620 g/mol. The highest BCUT2D eigenvalue weighted by atomic mass is 35.5. The van der Waals surface area contributed by atoms with E-state index in [2.05, 4.69) is 4.98 Å². The lowest BCUT2D eigenvalue weighted by Crippen LogP contribution is -2.43. The number of thioether (sulfide) groups is 1. The minimum Gasteiger partial charge on any atom is -0.483 e. The van der Waals surface area contributed by atoms with E-state index >= 15 is 0 Å². The van der Waals surface area contributed by atoms with E-state index in [9.17, 15) is 29.1 Å². The summed E-state index contributed by atoms with van der Waals surface area (Å²) < 4.78 is 11.5. The third-order valence-corrected chi connectivity index (χ3v) is 12.0. The number of benzene rings is 1. The average Bonchev–Trinajstić information content (AvgIpc) is 3.68. The molecule has 1 aromatic heterocycles.